The smallest absolute Gasteiger partial charge is 0.341 e. The summed E-state index contributed by atoms with van der Waals surface area (Å²) in [4.78, 5) is 18.5. The van der Waals surface area contributed by atoms with Gasteiger partial charge in [0.25, 0.3) is 0 Å². The Bertz CT molecular complexity index is 631. The van der Waals surface area contributed by atoms with E-state index >= 15 is 0 Å². The number of methoxy groups -OCH3 is 1. The van der Waals surface area contributed by atoms with Crippen molar-refractivity contribution in [3.63, 3.8) is 0 Å². The van der Waals surface area contributed by atoms with Crippen LogP contribution in [0.1, 0.15) is 55.0 Å². The maximum absolute atomic E-state index is 11.7. The summed E-state index contributed by atoms with van der Waals surface area (Å²) in [6.07, 6.45) is 3.88. The van der Waals surface area contributed by atoms with Crippen molar-refractivity contribution in [1.29, 1.82) is 0 Å². The van der Waals surface area contributed by atoms with E-state index in [0.717, 1.165) is 19.6 Å². The molecule has 1 saturated heterocycles. The largest absolute Gasteiger partial charge is 0.465 e. The Kier molecular flexibility index (Phi) is 7.08. The molecule has 0 aliphatic carbocycles. The summed E-state index contributed by atoms with van der Waals surface area (Å²) < 4.78 is 10.4. The molecular formula is C19H32N4O3. The van der Waals surface area contributed by atoms with Crippen LogP contribution in [0.3, 0.4) is 0 Å². The van der Waals surface area contributed by atoms with Gasteiger partial charge in [0.1, 0.15) is 17.1 Å². The first kappa shape index (κ1) is 20.3. The van der Waals surface area contributed by atoms with Crippen LogP contribution >= 0.6 is 0 Å². The predicted octanol–water partition coefficient (Wildman–Crippen LogP) is 2.30. The van der Waals surface area contributed by atoms with E-state index in [4.69, 9.17) is 9.15 Å². The summed E-state index contributed by atoms with van der Waals surface area (Å²) in [6, 6.07) is 1.71. The molecule has 0 radical (unpaired) electrons. The Morgan fingerprint density at radius 2 is 2.00 bits per heavy atom. The van der Waals surface area contributed by atoms with Crippen LogP contribution in [-0.4, -0.2) is 56.2 Å². The third-order valence-corrected chi connectivity index (χ3v) is 4.93. The number of nitrogens with zero attached hydrogens (tertiary/aromatic N) is 2. The van der Waals surface area contributed by atoms with Crippen molar-refractivity contribution >= 4 is 11.9 Å². The van der Waals surface area contributed by atoms with Crippen molar-refractivity contribution in [1.82, 2.24) is 15.5 Å². The Labute approximate surface area is 156 Å². The van der Waals surface area contributed by atoms with Gasteiger partial charge < -0.3 is 19.8 Å². The maximum Gasteiger partial charge on any atom is 0.341 e. The van der Waals surface area contributed by atoms with Crippen LogP contribution in [0.15, 0.2) is 15.5 Å². The van der Waals surface area contributed by atoms with E-state index < -0.39 is 0 Å². The number of likely N-dealkylation sites (tertiary alicyclic amines) is 1. The molecule has 0 aromatic carbocycles. The molecule has 1 aliphatic rings. The minimum Gasteiger partial charge on any atom is -0.465 e. The number of nitrogens with one attached hydrogen (secondary N) is 2. The number of piperidine rings is 1. The number of hydrogen-bond donors (Lipinski definition) is 2. The van der Waals surface area contributed by atoms with Crippen LogP contribution < -0.4 is 10.6 Å². The number of carbonyl (C=O) groups is 1. The molecule has 0 unspecified atom stereocenters. The number of hydrogen-bond acceptors (Lipinski definition) is 5. The van der Waals surface area contributed by atoms with Gasteiger partial charge in [-0.3, -0.25) is 9.89 Å². The van der Waals surface area contributed by atoms with E-state index in [0.29, 0.717) is 29.6 Å². The standard InChI is InChI=1S/C19H32N4O3/c1-14-16(17(24)25-5)11-15(26-14)12-21-18(20-4)22-13-19(2,3)23-9-7-6-8-10-23/h11H,6-10,12-13H2,1-5H3,(H2,20,21,22). The summed E-state index contributed by atoms with van der Waals surface area (Å²) in [7, 11) is 3.11. The molecule has 1 aromatic heterocycles. The molecule has 1 fully saturated rings. The number of aliphatic imine (C=N–C) groups is 1. The SMILES string of the molecule is CN=C(NCc1cc(C(=O)OC)c(C)o1)NCC(C)(C)N1CCCCC1. The lowest BCUT2D eigenvalue weighted by Gasteiger charge is -2.41. The Morgan fingerprint density at radius 1 is 1.31 bits per heavy atom. The fourth-order valence-corrected chi connectivity index (χ4v) is 3.25. The number of guanidine groups is 1. The van der Waals surface area contributed by atoms with E-state index in [1.165, 1.54) is 26.4 Å². The molecule has 2 rings (SSSR count). The van der Waals surface area contributed by atoms with Gasteiger partial charge in [-0.05, 0) is 52.8 Å². The van der Waals surface area contributed by atoms with Gasteiger partial charge in [0, 0.05) is 19.1 Å². The van der Waals surface area contributed by atoms with Crippen LogP contribution in [0.2, 0.25) is 0 Å². The number of rotatable bonds is 6. The fourth-order valence-electron chi connectivity index (χ4n) is 3.25. The molecule has 1 aromatic rings. The van der Waals surface area contributed by atoms with Crippen molar-refractivity contribution < 1.29 is 13.9 Å². The average Bonchev–Trinajstić information content (AvgIpc) is 3.02. The van der Waals surface area contributed by atoms with Gasteiger partial charge in [0.05, 0.1) is 13.7 Å². The van der Waals surface area contributed by atoms with Crippen LogP contribution in [0.25, 0.3) is 0 Å². The first-order chi connectivity index (χ1) is 12.4. The third-order valence-electron chi connectivity index (χ3n) is 4.93. The first-order valence-electron chi connectivity index (χ1n) is 9.24. The number of carbonyl (C=O) groups excluding carboxylic acids is 1. The first-order valence-corrected chi connectivity index (χ1v) is 9.24. The molecule has 0 amide bonds. The Balaban J connectivity index is 1.87. The van der Waals surface area contributed by atoms with Gasteiger partial charge in [-0.25, -0.2) is 4.79 Å². The molecule has 0 saturated carbocycles. The summed E-state index contributed by atoms with van der Waals surface area (Å²) >= 11 is 0. The molecule has 2 N–H and O–H groups in total. The summed E-state index contributed by atoms with van der Waals surface area (Å²) in [5.41, 5.74) is 0.524. The zero-order valence-corrected chi connectivity index (χ0v) is 16.6. The van der Waals surface area contributed by atoms with E-state index in [1.54, 1.807) is 20.0 Å². The van der Waals surface area contributed by atoms with E-state index in [-0.39, 0.29) is 11.5 Å². The van der Waals surface area contributed by atoms with Gasteiger partial charge in [-0.15, -0.1) is 0 Å². The molecular weight excluding hydrogens is 332 g/mol. The zero-order valence-electron chi connectivity index (χ0n) is 16.6. The van der Waals surface area contributed by atoms with Crippen molar-refractivity contribution in [3.05, 3.63) is 23.2 Å². The minimum absolute atomic E-state index is 0.0668. The lowest BCUT2D eigenvalue weighted by atomic mass is 9.98. The van der Waals surface area contributed by atoms with Crippen molar-refractivity contribution in [3.8, 4) is 0 Å². The zero-order chi connectivity index (χ0) is 19.2. The van der Waals surface area contributed by atoms with Crippen molar-refractivity contribution in [2.45, 2.75) is 52.1 Å². The van der Waals surface area contributed by atoms with Crippen molar-refractivity contribution in [2.24, 2.45) is 4.99 Å². The van der Waals surface area contributed by atoms with E-state index in [2.05, 4.69) is 34.4 Å². The predicted molar refractivity (Wildman–Crippen MR) is 102 cm³/mol. The van der Waals surface area contributed by atoms with Gasteiger partial charge >= 0.3 is 5.97 Å². The summed E-state index contributed by atoms with van der Waals surface area (Å²) in [5, 5.41) is 6.63. The quantitative estimate of drug-likeness (QED) is 0.458. The molecule has 146 valence electrons. The number of aryl methyl sites for hydroxylation is 1. The van der Waals surface area contributed by atoms with Crippen LogP contribution in [0, 0.1) is 6.92 Å². The maximum atomic E-state index is 11.7. The highest BCUT2D eigenvalue weighted by Gasteiger charge is 2.27. The third kappa shape index (κ3) is 5.24. The number of ether oxygens (including phenoxy) is 1. The fraction of sp³-hybridized carbons (Fsp3) is 0.684. The summed E-state index contributed by atoms with van der Waals surface area (Å²) in [6.45, 7) is 9.84. The van der Waals surface area contributed by atoms with Crippen molar-refractivity contribution in [2.75, 3.05) is 33.8 Å². The topological polar surface area (TPSA) is 79.1 Å². The Morgan fingerprint density at radius 3 is 2.62 bits per heavy atom. The van der Waals surface area contributed by atoms with Gasteiger partial charge in [0.2, 0.25) is 0 Å². The van der Waals surface area contributed by atoms with Gasteiger partial charge in [-0.1, -0.05) is 6.42 Å². The van der Waals surface area contributed by atoms with Gasteiger partial charge in [-0.2, -0.15) is 0 Å². The van der Waals surface area contributed by atoms with Gasteiger partial charge in [0.15, 0.2) is 5.96 Å². The second-order valence-corrected chi connectivity index (χ2v) is 7.31. The second kappa shape index (κ2) is 9.07. The highest BCUT2D eigenvalue weighted by molar-refractivity contribution is 5.90. The average molecular weight is 364 g/mol. The molecule has 0 spiro atoms. The second-order valence-electron chi connectivity index (χ2n) is 7.31. The highest BCUT2D eigenvalue weighted by atomic mass is 16.5. The number of furan rings is 1. The normalized spacial score (nSPS) is 16.4. The molecule has 26 heavy (non-hydrogen) atoms. The molecule has 7 nitrogen and oxygen atoms in total. The van der Waals surface area contributed by atoms with E-state index in [9.17, 15) is 4.79 Å². The summed E-state index contributed by atoms with van der Waals surface area (Å²) in [5.74, 6) is 1.55. The van der Waals surface area contributed by atoms with E-state index in [1.807, 2.05) is 0 Å². The molecule has 7 heteroatoms. The highest BCUT2D eigenvalue weighted by Crippen LogP contribution is 2.20. The van der Waals surface area contributed by atoms with Crippen LogP contribution in [0.4, 0.5) is 0 Å². The minimum atomic E-state index is -0.386. The molecule has 0 bridgehead atoms. The lowest BCUT2D eigenvalue weighted by Crippen LogP contribution is -2.54. The number of esters is 1. The molecule has 0 atom stereocenters. The molecule has 2 heterocycles. The monoisotopic (exact) mass is 364 g/mol. The lowest BCUT2D eigenvalue weighted by molar-refractivity contribution is 0.0599. The Hall–Kier alpha value is -2.02. The molecule has 1 aliphatic heterocycles. The van der Waals surface area contributed by atoms with Crippen LogP contribution in [0.5, 0.6) is 0 Å². The van der Waals surface area contributed by atoms with Crippen LogP contribution in [-0.2, 0) is 11.3 Å².